The molecule has 8 heteroatoms. The van der Waals surface area contributed by atoms with Crippen LogP contribution in [0.5, 0.6) is 0 Å². The van der Waals surface area contributed by atoms with Crippen LogP contribution in [0.25, 0.3) is 0 Å². The number of alkyl halides is 1. The van der Waals surface area contributed by atoms with Crippen molar-refractivity contribution in [2.75, 3.05) is 5.33 Å². The van der Waals surface area contributed by atoms with E-state index < -0.39 is 14.6 Å². The van der Waals surface area contributed by atoms with E-state index in [0.29, 0.717) is 29.2 Å². The van der Waals surface area contributed by atoms with E-state index in [-0.39, 0.29) is 38.7 Å². The van der Waals surface area contributed by atoms with Crippen molar-refractivity contribution in [3.63, 3.8) is 0 Å². The van der Waals surface area contributed by atoms with Gasteiger partial charge < -0.3 is 0 Å². The molecule has 0 unspecified atom stereocenters. The van der Waals surface area contributed by atoms with Crippen LogP contribution in [-0.4, -0.2) is 57.1 Å². The van der Waals surface area contributed by atoms with Gasteiger partial charge in [0.1, 0.15) is 0 Å². The van der Waals surface area contributed by atoms with Crippen molar-refractivity contribution in [1.29, 1.82) is 0 Å². The SMILES string of the molecule is O=S(=O)(C1CC(O[SH-]#P)C1)C1(CBr)CC1.[Tl]. The molecule has 0 amide bonds. The van der Waals surface area contributed by atoms with Gasteiger partial charge in [0, 0.05) is 27.3 Å². The Hall–Kier alpha value is 2.09. The summed E-state index contributed by atoms with van der Waals surface area (Å²) in [5.74, 6) is 0. The van der Waals surface area contributed by atoms with Gasteiger partial charge in [-0.25, -0.2) is 0 Å². The summed E-state index contributed by atoms with van der Waals surface area (Å²) in [5.41, 5.74) is 0. The van der Waals surface area contributed by atoms with E-state index in [1.807, 2.05) is 0 Å². The van der Waals surface area contributed by atoms with E-state index >= 15 is 0 Å². The van der Waals surface area contributed by atoms with Gasteiger partial charge in [0.15, 0.2) is 0 Å². The molecule has 2 aliphatic rings. The van der Waals surface area contributed by atoms with Crippen molar-refractivity contribution in [3.8, 4) is 0 Å². The molecule has 0 spiro atoms. The van der Waals surface area contributed by atoms with Crippen LogP contribution < -0.4 is 0 Å². The van der Waals surface area contributed by atoms with Gasteiger partial charge in [-0.1, -0.05) is 0 Å². The number of hydrogen-bond donors (Lipinski definition) is 0. The fourth-order valence-corrected chi connectivity index (χ4v) is 6.60. The monoisotopic (exact) mass is 536 g/mol. The Bertz CT molecular complexity index is 398. The molecule has 0 aromatic carbocycles. The molecule has 2 fully saturated rings. The first-order valence-corrected chi connectivity index (χ1v) is 9.49. The number of hydrogen-bond acceptors (Lipinski definition) is 4. The van der Waals surface area contributed by atoms with Gasteiger partial charge in [0.25, 0.3) is 0 Å². The van der Waals surface area contributed by atoms with Crippen molar-refractivity contribution < 1.29 is 12.6 Å². The van der Waals surface area contributed by atoms with Crippen molar-refractivity contribution in [2.45, 2.75) is 41.8 Å². The van der Waals surface area contributed by atoms with Gasteiger partial charge in [0.05, 0.1) is 0 Å². The third-order valence-corrected chi connectivity index (χ3v) is 8.48. The molecule has 91 valence electrons. The minimum atomic E-state index is -2.95. The summed E-state index contributed by atoms with van der Waals surface area (Å²) >= 11 is 3.90. The Morgan fingerprint density at radius 1 is 1.44 bits per heavy atom. The zero-order valence-corrected chi connectivity index (χ0v) is 17.4. The average molecular weight is 537 g/mol. The third kappa shape index (κ3) is 2.81. The van der Waals surface area contributed by atoms with Crippen LogP contribution in [0.4, 0.5) is 0 Å². The van der Waals surface area contributed by atoms with Crippen LogP contribution in [0, 0.1) is 0 Å². The topological polar surface area (TPSA) is 43.4 Å². The fourth-order valence-electron chi connectivity index (χ4n) is 1.91. The molecular formula is C8H13BrO3PS2Tl-. The number of sulfone groups is 1. The summed E-state index contributed by atoms with van der Waals surface area (Å²) in [6.45, 7) is 0. The van der Waals surface area contributed by atoms with E-state index in [1.165, 1.54) is 0 Å². The molecule has 0 heterocycles. The molecule has 1 radical (unpaired) electrons. The van der Waals surface area contributed by atoms with Crippen molar-refractivity contribution >= 4 is 71.9 Å². The maximum Gasteiger partial charge on any atom is 0 e. The smallest absolute Gasteiger partial charge is 0 e. The van der Waals surface area contributed by atoms with Crippen LogP contribution in [-0.2, 0) is 25.0 Å². The van der Waals surface area contributed by atoms with Crippen molar-refractivity contribution in [2.24, 2.45) is 0 Å². The van der Waals surface area contributed by atoms with E-state index in [1.54, 1.807) is 0 Å². The van der Waals surface area contributed by atoms with Gasteiger partial charge in [-0.15, -0.1) is 0 Å². The van der Waals surface area contributed by atoms with Gasteiger partial charge in [-0.3, -0.25) is 0 Å². The Kier molecular flexibility index (Phi) is 6.09. The Labute approximate surface area is 130 Å². The van der Waals surface area contributed by atoms with Crippen LogP contribution in [0.1, 0.15) is 25.7 Å². The molecule has 2 aliphatic carbocycles. The minimum Gasteiger partial charge on any atom is 0 e. The normalized spacial score (nSPS) is 31.2. The van der Waals surface area contributed by atoms with E-state index in [9.17, 15) is 8.42 Å². The van der Waals surface area contributed by atoms with Gasteiger partial charge in [0.2, 0.25) is 0 Å². The van der Waals surface area contributed by atoms with Crippen LogP contribution in [0.15, 0.2) is 0 Å². The Morgan fingerprint density at radius 2 is 2.00 bits per heavy atom. The molecule has 2 rings (SSSR count). The first kappa shape index (κ1) is 16.1. The second-order valence-electron chi connectivity index (χ2n) is 4.26. The minimum absolute atomic E-state index is 0. The quantitative estimate of drug-likeness (QED) is 0.180. The number of rotatable bonds is 4. The van der Waals surface area contributed by atoms with Crippen LogP contribution in [0.3, 0.4) is 0 Å². The van der Waals surface area contributed by atoms with Gasteiger partial charge >= 0.3 is 104 Å². The van der Waals surface area contributed by atoms with E-state index in [4.69, 9.17) is 4.18 Å². The van der Waals surface area contributed by atoms with E-state index in [0.717, 1.165) is 12.8 Å². The molecule has 16 heavy (non-hydrogen) atoms. The molecule has 2 saturated carbocycles. The van der Waals surface area contributed by atoms with Gasteiger partial charge in [-0.05, 0) is 0 Å². The molecule has 0 atom stereocenters. The molecule has 0 bridgehead atoms. The summed E-state index contributed by atoms with van der Waals surface area (Å²) in [4.78, 5) is 0. The Balaban J connectivity index is 0.00000128. The molecule has 0 N–H and O–H groups in total. The molecule has 0 saturated heterocycles. The molecule has 0 aromatic rings. The summed E-state index contributed by atoms with van der Waals surface area (Å²) in [5, 5.41) is 0.396. The Morgan fingerprint density at radius 3 is 2.38 bits per heavy atom. The largest absolute Gasteiger partial charge is 0 e. The third-order valence-electron chi connectivity index (χ3n) is 3.34. The van der Waals surface area contributed by atoms with Crippen LogP contribution in [0.2, 0.25) is 0 Å². The molecular weight excluding hydrogens is 523 g/mol. The standard InChI is InChI=1S/C8H13BrO3PS2.Tl/c9-5-8(1-2-8)15(10,11)7-3-6(4-7)12-14-13;/h6-7,14H,1-5H2;/q-1;. The van der Waals surface area contributed by atoms with E-state index in [2.05, 4.69) is 23.7 Å². The summed E-state index contributed by atoms with van der Waals surface area (Å²) < 4.78 is 29.1. The first-order chi connectivity index (χ1) is 7.05. The van der Waals surface area contributed by atoms with Crippen LogP contribution >= 0.6 is 23.7 Å². The first-order valence-electron chi connectivity index (χ1n) is 4.85. The summed E-state index contributed by atoms with van der Waals surface area (Å²) in [7, 11) is 0.984. The number of thiol groups is 1. The number of halogens is 1. The predicted molar refractivity (Wildman–Crippen MR) is 74.0 cm³/mol. The second kappa shape index (κ2) is 6.03. The zero-order chi connectivity index (χ0) is 11.1. The zero-order valence-electron chi connectivity index (χ0n) is 8.67. The van der Waals surface area contributed by atoms with Crippen molar-refractivity contribution in [1.82, 2.24) is 0 Å². The molecule has 0 aromatic heterocycles. The van der Waals surface area contributed by atoms with Crippen molar-refractivity contribution in [3.05, 3.63) is 0 Å². The second-order valence-corrected chi connectivity index (χ2v) is 8.31. The maximum absolute atomic E-state index is 12.2. The average Bonchev–Trinajstić information content (AvgIpc) is 2.90. The molecule has 3 nitrogen and oxygen atoms in total. The molecule has 0 aliphatic heterocycles. The summed E-state index contributed by atoms with van der Waals surface area (Å²) in [6, 6.07) is 0. The maximum atomic E-state index is 12.2. The summed E-state index contributed by atoms with van der Waals surface area (Å²) in [6.07, 6.45) is 3.01. The predicted octanol–water partition coefficient (Wildman–Crippen LogP) is 1.55. The van der Waals surface area contributed by atoms with Gasteiger partial charge in [-0.2, -0.15) is 0 Å². The fraction of sp³-hybridized carbons (Fsp3) is 1.00.